The molecule has 2 rings (SSSR count). The number of hydrogen-bond donors (Lipinski definition) is 2. The van der Waals surface area contributed by atoms with Crippen LogP contribution in [-0.2, 0) is 14.9 Å². The van der Waals surface area contributed by atoms with E-state index in [2.05, 4.69) is 32.6 Å². The van der Waals surface area contributed by atoms with Crippen molar-refractivity contribution in [1.29, 1.82) is 0 Å². The third-order valence-corrected chi connectivity index (χ3v) is 6.45. The highest BCUT2D eigenvalue weighted by molar-refractivity contribution is 5.95. The summed E-state index contributed by atoms with van der Waals surface area (Å²) in [6, 6.07) is 16.0. The van der Waals surface area contributed by atoms with Gasteiger partial charge in [-0.25, -0.2) is 0 Å². The molecule has 3 N–H and O–H groups in total. The molecule has 2 aromatic carbocycles. The van der Waals surface area contributed by atoms with Gasteiger partial charge in [-0.1, -0.05) is 44.7 Å². The molecule has 1 unspecified atom stereocenters. The summed E-state index contributed by atoms with van der Waals surface area (Å²) in [7, 11) is 0. The van der Waals surface area contributed by atoms with E-state index in [1.807, 2.05) is 50.2 Å². The first kappa shape index (κ1) is 29.6. The second-order valence-corrected chi connectivity index (χ2v) is 11.1. The van der Waals surface area contributed by atoms with Crippen LogP contribution in [0, 0.1) is 0 Å². The van der Waals surface area contributed by atoms with Crippen LogP contribution in [0.15, 0.2) is 61.2 Å². The van der Waals surface area contributed by atoms with Crippen LogP contribution in [0.2, 0.25) is 0 Å². The lowest BCUT2D eigenvalue weighted by atomic mass is 9.78. The zero-order chi connectivity index (χ0) is 27.2. The molecule has 0 aliphatic rings. The Labute approximate surface area is 216 Å². The van der Waals surface area contributed by atoms with Crippen molar-refractivity contribution < 1.29 is 24.1 Å². The van der Waals surface area contributed by atoms with Crippen molar-refractivity contribution >= 4 is 5.78 Å². The standard InChI is InChI=1S/C30H43NO5/c1-9-26(33)29(6,7)34-21-19-30(8,31)36-25-16-12-23(13-17-25)28(4,5)22-10-14-24(15-11-22)35-27(2,3)18-20-32/h9-17,32H,1,18-21,31H2,2-8H3. The van der Waals surface area contributed by atoms with E-state index in [0.717, 1.165) is 16.9 Å². The maximum absolute atomic E-state index is 11.9. The van der Waals surface area contributed by atoms with Gasteiger partial charge in [0.15, 0.2) is 11.5 Å². The molecule has 0 heterocycles. The Morgan fingerprint density at radius 1 is 0.861 bits per heavy atom. The molecular weight excluding hydrogens is 454 g/mol. The minimum absolute atomic E-state index is 0.0871. The summed E-state index contributed by atoms with van der Waals surface area (Å²) in [6.45, 7) is 17.4. The van der Waals surface area contributed by atoms with E-state index in [9.17, 15) is 9.90 Å². The predicted octanol–water partition coefficient (Wildman–Crippen LogP) is 5.55. The maximum Gasteiger partial charge on any atom is 0.186 e. The van der Waals surface area contributed by atoms with E-state index in [1.54, 1.807) is 20.8 Å². The number of benzene rings is 2. The first-order valence-corrected chi connectivity index (χ1v) is 12.4. The van der Waals surface area contributed by atoms with Crippen molar-refractivity contribution in [2.75, 3.05) is 13.2 Å². The molecule has 0 aliphatic carbocycles. The summed E-state index contributed by atoms with van der Waals surface area (Å²) in [5.41, 5.74) is 6.08. The Bertz CT molecular complexity index is 1000. The lowest BCUT2D eigenvalue weighted by Crippen LogP contribution is -2.45. The van der Waals surface area contributed by atoms with Crippen molar-refractivity contribution in [3.05, 3.63) is 72.3 Å². The smallest absolute Gasteiger partial charge is 0.186 e. The van der Waals surface area contributed by atoms with E-state index in [0.29, 0.717) is 18.6 Å². The van der Waals surface area contributed by atoms with Gasteiger partial charge in [0.05, 0.1) is 6.61 Å². The van der Waals surface area contributed by atoms with E-state index in [-0.39, 0.29) is 24.4 Å². The maximum atomic E-state index is 11.9. The van der Waals surface area contributed by atoms with Gasteiger partial charge in [0.2, 0.25) is 0 Å². The van der Waals surface area contributed by atoms with E-state index < -0.39 is 16.9 Å². The Morgan fingerprint density at radius 3 is 1.78 bits per heavy atom. The van der Waals surface area contributed by atoms with E-state index in [4.69, 9.17) is 19.9 Å². The second kappa shape index (κ2) is 11.6. The van der Waals surface area contributed by atoms with Crippen molar-refractivity contribution in [1.82, 2.24) is 0 Å². The van der Waals surface area contributed by atoms with Crippen molar-refractivity contribution in [3.63, 3.8) is 0 Å². The first-order chi connectivity index (χ1) is 16.6. The van der Waals surface area contributed by atoms with Crippen LogP contribution in [-0.4, -0.2) is 41.0 Å². The first-order valence-electron chi connectivity index (χ1n) is 12.4. The van der Waals surface area contributed by atoms with Crippen LogP contribution in [0.25, 0.3) is 0 Å². The number of hydrogen-bond acceptors (Lipinski definition) is 6. The highest BCUT2D eigenvalue weighted by Gasteiger charge is 2.29. The topological polar surface area (TPSA) is 91.0 Å². The monoisotopic (exact) mass is 497 g/mol. The number of aliphatic hydroxyl groups is 1. The molecular formula is C30H43NO5. The molecule has 0 fully saturated rings. The van der Waals surface area contributed by atoms with E-state index in [1.165, 1.54) is 6.08 Å². The summed E-state index contributed by atoms with van der Waals surface area (Å²) in [5.74, 6) is 1.27. The van der Waals surface area contributed by atoms with Crippen molar-refractivity contribution in [2.24, 2.45) is 5.73 Å². The summed E-state index contributed by atoms with van der Waals surface area (Å²) >= 11 is 0. The lowest BCUT2D eigenvalue weighted by Gasteiger charge is -2.30. The molecule has 0 saturated carbocycles. The molecule has 0 aromatic heterocycles. The Hall–Kier alpha value is -2.67. The fourth-order valence-corrected chi connectivity index (χ4v) is 3.83. The van der Waals surface area contributed by atoms with Crippen LogP contribution in [0.5, 0.6) is 11.5 Å². The lowest BCUT2D eigenvalue weighted by molar-refractivity contribution is -0.136. The van der Waals surface area contributed by atoms with Crippen LogP contribution < -0.4 is 15.2 Å². The number of aliphatic hydroxyl groups excluding tert-OH is 1. The molecule has 0 amide bonds. The minimum atomic E-state index is -0.954. The van der Waals surface area contributed by atoms with Crippen LogP contribution in [0.1, 0.15) is 72.4 Å². The Kier molecular flexibility index (Phi) is 9.52. The normalized spacial score (nSPS) is 14.1. The molecule has 1 atom stereocenters. The third-order valence-electron chi connectivity index (χ3n) is 6.45. The number of ether oxygens (including phenoxy) is 3. The molecule has 198 valence electrons. The van der Waals surface area contributed by atoms with Crippen molar-refractivity contribution in [3.8, 4) is 11.5 Å². The Morgan fingerprint density at radius 2 is 1.33 bits per heavy atom. The molecule has 0 bridgehead atoms. The van der Waals surface area contributed by atoms with Gasteiger partial charge in [0.1, 0.15) is 22.7 Å². The number of rotatable bonds is 14. The zero-order valence-electron chi connectivity index (χ0n) is 22.9. The number of carbonyl (C=O) groups excluding carboxylic acids is 1. The summed E-state index contributed by atoms with van der Waals surface area (Å²) in [6.07, 6.45) is 2.25. The zero-order valence-corrected chi connectivity index (χ0v) is 22.9. The average molecular weight is 498 g/mol. The molecule has 6 heteroatoms. The van der Waals surface area contributed by atoms with Gasteiger partial charge in [-0.05, 0) is 76.1 Å². The highest BCUT2D eigenvalue weighted by Crippen LogP contribution is 2.34. The molecule has 0 radical (unpaired) electrons. The molecule has 0 saturated heterocycles. The quantitative estimate of drug-likeness (QED) is 0.263. The minimum Gasteiger partial charge on any atom is -0.488 e. The fraction of sp³-hybridized carbons (Fsp3) is 0.500. The van der Waals surface area contributed by atoms with Gasteiger partial charge in [0, 0.05) is 24.9 Å². The number of nitrogens with two attached hydrogens (primary N) is 1. The number of carbonyl (C=O) groups is 1. The van der Waals surface area contributed by atoms with Crippen molar-refractivity contribution in [2.45, 2.75) is 83.6 Å². The van der Waals surface area contributed by atoms with Gasteiger partial charge >= 0.3 is 0 Å². The molecule has 6 nitrogen and oxygen atoms in total. The SMILES string of the molecule is C=CC(=O)C(C)(C)OCCC(C)(N)Oc1ccc(C(C)(C)c2ccc(OC(C)(C)CCO)cc2)cc1. The molecule has 0 spiro atoms. The Balaban J connectivity index is 2.03. The van der Waals surface area contributed by atoms with Gasteiger partial charge < -0.3 is 19.3 Å². The molecule has 0 aliphatic heterocycles. The van der Waals surface area contributed by atoms with E-state index >= 15 is 0 Å². The van der Waals surface area contributed by atoms with Gasteiger partial charge in [-0.3, -0.25) is 10.5 Å². The van der Waals surface area contributed by atoms with Crippen LogP contribution in [0.4, 0.5) is 0 Å². The van der Waals surface area contributed by atoms with Crippen LogP contribution in [0.3, 0.4) is 0 Å². The summed E-state index contributed by atoms with van der Waals surface area (Å²) < 4.78 is 17.8. The molecule has 36 heavy (non-hydrogen) atoms. The molecule has 2 aromatic rings. The summed E-state index contributed by atoms with van der Waals surface area (Å²) in [4.78, 5) is 11.9. The van der Waals surface area contributed by atoms with Gasteiger partial charge in [-0.15, -0.1) is 0 Å². The fourth-order valence-electron chi connectivity index (χ4n) is 3.83. The van der Waals surface area contributed by atoms with Gasteiger partial charge in [0.25, 0.3) is 0 Å². The van der Waals surface area contributed by atoms with Gasteiger partial charge in [-0.2, -0.15) is 0 Å². The highest BCUT2D eigenvalue weighted by atomic mass is 16.5. The summed E-state index contributed by atoms with van der Waals surface area (Å²) in [5, 5.41) is 9.22. The third kappa shape index (κ3) is 8.19. The predicted molar refractivity (Wildman–Crippen MR) is 144 cm³/mol. The second-order valence-electron chi connectivity index (χ2n) is 11.1. The average Bonchev–Trinajstić information content (AvgIpc) is 2.78. The number of ketones is 1. The largest absolute Gasteiger partial charge is 0.488 e. The van der Waals surface area contributed by atoms with Crippen LogP contribution >= 0.6 is 0 Å².